The minimum absolute atomic E-state index is 0.214. The van der Waals surface area contributed by atoms with Crippen LogP contribution in [-0.2, 0) is 19.3 Å². The van der Waals surface area contributed by atoms with Crippen LogP contribution in [0.25, 0.3) is 6.08 Å². The summed E-state index contributed by atoms with van der Waals surface area (Å²) < 4.78 is 0. The Balaban J connectivity index is 1.74. The first kappa shape index (κ1) is 13.4. The van der Waals surface area contributed by atoms with Crippen molar-refractivity contribution in [2.45, 2.75) is 38.5 Å². The van der Waals surface area contributed by atoms with Gasteiger partial charge < -0.3 is 0 Å². The van der Waals surface area contributed by atoms with Gasteiger partial charge in [0.1, 0.15) is 0 Å². The van der Waals surface area contributed by atoms with Crippen LogP contribution in [0.4, 0.5) is 0 Å². The van der Waals surface area contributed by atoms with E-state index in [1.165, 1.54) is 36.0 Å². The number of Topliss-reactive ketones (excluding diaryl/α,β-unsaturated/α-hetero) is 1. The van der Waals surface area contributed by atoms with Gasteiger partial charge in [-0.15, -0.1) is 0 Å². The Hall–Kier alpha value is -2.22. The third-order valence-electron chi connectivity index (χ3n) is 4.88. The van der Waals surface area contributed by atoms with Gasteiger partial charge in [-0.1, -0.05) is 12.1 Å². The lowest BCUT2D eigenvalue weighted by atomic mass is 9.78. The number of nitrogens with zero attached hydrogens (tertiary/aromatic N) is 1. The van der Waals surface area contributed by atoms with Gasteiger partial charge in [-0.25, -0.2) is 0 Å². The maximum absolute atomic E-state index is 12.8. The van der Waals surface area contributed by atoms with E-state index in [4.69, 9.17) is 0 Å². The van der Waals surface area contributed by atoms with Crippen molar-refractivity contribution in [3.05, 3.63) is 70.0 Å². The van der Waals surface area contributed by atoms with Gasteiger partial charge >= 0.3 is 0 Å². The molecule has 0 amide bonds. The number of fused-ring (bicyclic) bond motifs is 3. The van der Waals surface area contributed by atoms with Crippen LogP contribution >= 0.6 is 0 Å². The predicted molar refractivity (Wildman–Crippen MR) is 87.9 cm³/mol. The number of allylic oxidation sites excluding steroid dienone is 1. The Morgan fingerprint density at radius 2 is 1.68 bits per heavy atom. The van der Waals surface area contributed by atoms with Crippen molar-refractivity contribution in [1.82, 2.24) is 4.98 Å². The summed E-state index contributed by atoms with van der Waals surface area (Å²) in [4.78, 5) is 16.9. The van der Waals surface area contributed by atoms with Crippen LogP contribution in [0.1, 0.15) is 51.9 Å². The molecule has 0 atom stereocenters. The van der Waals surface area contributed by atoms with Gasteiger partial charge in [-0.2, -0.15) is 0 Å². The average Bonchev–Trinajstić information content (AvgIpc) is 2.58. The van der Waals surface area contributed by atoms with Crippen LogP contribution in [-0.4, -0.2) is 10.8 Å². The van der Waals surface area contributed by atoms with Gasteiger partial charge in [0.25, 0.3) is 0 Å². The number of aromatic nitrogens is 1. The van der Waals surface area contributed by atoms with Gasteiger partial charge in [-0.05, 0) is 79.0 Å². The highest BCUT2D eigenvalue weighted by atomic mass is 16.1. The molecule has 0 radical (unpaired) electrons. The summed E-state index contributed by atoms with van der Waals surface area (Å²) in [5, 5.41) is 0. The third-order valence-corrected chi connectivity index (χ3v) is 4.88. The molecule has 110 valence electrons. The van der Waals surface area contributed by atoms with Gasteiger partial charge in [0.05, 0.1) is 0 Å². The molecule has 0 fully saturated rings. The van der Waals surface area contributed by atoms with Crippen molar-refractivity contribution in [2.24, 2.45) is 0 Å². The largest absolute Gasteiger partial charge is 0.289 e. The third kappa shape index (κ3) is 2.29. The second-order valence-corrected chi connectivity index (χ2v) is 6.22. The van der Waals surface area contributed by atoms with Gasteiger partial charge in [-0.3, -0.25) is 9.78 Å². The molecule has 0 unspecified atom stereocenters. The SMILES string of the molecule is O=C1/C(=C/c2ccncc2)CCc2c1ccc1c2CCCC1. The summed E-state index contributed by atoms with van der Waals surface area (Å²) in [7, 11) is 0. The molecule has 0 saturated heterocycles. The standard InChI is InChI=1S/C20H19NO/c22-20-16(13-14-9-11-21-12-10-14)6-7-18-17-4-2-1-3-15(17)5-8-19(18)20/h5,8-13H,1-4,6-7H2/b16-13+. The van der Waals surface area contributed by atoms with E-state index in [2.05, 4.69) is 17.1 Å². The fourth-order valence-electron chi connectivity index (χ4n) is 3.75. The molecule has 2 nitrogen and oxygen atoms in total. The van der Waals surface area contributed by atoms with Gasteiger partial charge in [0.15, 0.2) is 5.78 Å². The van der Waals surface area contributed by atoms with Crippen molar-refractivity contribution in [1.29, 1.82) is 0 Å². The molecule has 4 rings (SSSR count). The maximum Gasteiger partial charge on any atom is 0.189 e. The Morgan fingerprint density at radius 3 is 2.55 bits per heavy atom. The second-order valence-electron chi connectivity index (χ2n) is 6.22. The smallest absolute Gasteiger partial charge is 0.189 e. The average molecular weight is 289 g/mol. The number of rotatable bonds is 1. The number of benzene rings is 1. The Labute approximate surface area is 130 Å². The first-order valence-electron chi connectivity index (χ1n) is 8.12. The normalized spacial score (nSPS) is 18.9. The molecule has 0 bridgehead atoms. The molecule has 1 aromatic heterocycles. The van der Waals surface area contributed by atoms with Crippen molar-refractivity contribution >= 4 is 11.9 Å². The molecular weight excluding hydrogens is 270 g/mol. The number of carbonyl (C=O) groups excluding carboxylic acids is 1. The van der Waals surface area contributed by atoms with Crippen LogP contribution in [0.5, 0.6) is 0 Å². The zero-order valence-corrected chi connectivity index (χ0v) is 12.6. The Morgan fingerprint density at radius 1 is 0.864 bits per heavy atom. The Bertz CT molecular complexity index is 759. The van der Waals surface area contributed by atoms with E-state index in [0.29, 0.717) is 0 Å². The highest BCUT2D eigenvalue weighted by molar-refractivity contribution is 6.13. The van der Waals surface area contributed by atoms with Crippen LogP contribution in [0.3, 0.4) is 0 Å². The number of ketones is 1. The molecule has 22 heavy (non-hydrogen) atoms. The lowest BCUT2D eigenvalue weighted by Gasteiger charge is -2.25. The monoisotopic (exact) mass is 289 g/mol. The summed E-state index contributed by atoms with van der Waals surface area (Å²) in [6, 6.07) is 8.13. The molecule has 0 aliphatic heterocycles. The number of carbonyl (C=O) groups is 1. The fourth-order valence-corrected chi connectivity index (χ4v) is 3.75. The van der Waals surface area contributed by atoms with E-state index in [-0.39, 0.29) is 5.78 Å². The van der Waals surface area contributed by atoms with Crippen molar-refractivity contribution in [3.8, 4) is 0 Å². The van der Waals surface area contributed by atoms with E-state index < -0.39 is 0 Å². The zero-order chi connectivity index (χ0) is 14.9. The lowest BCUT2D eigenvalue weighted by molar-refractivity contribution is 0.102. The lowest BCUT2D eigenvalue weighted by Crippen LogP contribution is -2.18. The molecule has 0 saturated carbocycles. The van der Waals surface area contributed by atoms with E-state index in [0.717, 1.165) is 36.0 Å². The summed E-state index contributed by atoms with van der Waals surface area (Å²) in [5.74, 6) is 0.214. The number of aryl methyl sites for hydroxylation is 1. The van der Waals surface area contributed by atoms with Crippen LogP contribution in [0.15, 0.2) is 42.2 Å². The van der Waals surface area contributed by atoms with E-state index in [9.17, 15) is 4.79 Å². The first-order valence-corrected chi connectivity index (χ1v) is 8.12. The van der Waals surface area contributed by atoms with Crippen molar-refractivity contribution in [3.63, 3.8) is 0 Å². The van der Waals surface area contributed by atoms with Gasteiger partial charge in [0.2, 0.25) is 0 Å². The van der Waals surface area contributed by atoms with E-state index >= 15 is 0 Å². The van der Waals surface area contributed by atoms with Crippen LogP contribution < -0.4 is 0 Å². The van der Waals surface area contributed by atoms with Crippen LogP contribution in [0.2, 0.25) is 0 Å². The van der Waals surface area contributed by atoms with Gasteiger partial charge in [0, 0.05) is 23.5 Å². The van der Waals surface area contributed by atoms with Crippen molar-refractivity contribution in [2.75, 3.05) is 0 Å². The first-order chi connectivity index (χ1) is 10.8. The molecule has 2 aromatic rings. The van der Waals surface area contributed by atoms with E-state index in [1.807, 2.05) is 18.2 Å². The number of hydrogen-bond donors (Lipinski definition) is 0. The molecular formula is C20H19NO. The topological polar surface area (TPSA) is 30.0 Å². The van der Waals surface area contributed by atoms with Crippen LogP contribution in [0, 0.1) is 0 Å². The second kappa shape index (κ2) is 5.53. The highest BCUT2D eigenvalue weighted by Crippen LogP contribution is 2.33. The zero-order valence-electron chi connectivity index (χ0n) is 12.6. The molecule has 2 aliphatic rings. The predicted octanol–water partition coefficient (Wildman–Crippen LogP) is 4.17. The summed E-state index contributed by atoms with van der Waals surface area (Å²) in [6.45, 7) is 0. The molecule has 2 aliphatic carbocycles. The summed E-state index contributed by atoms with van der Waals surface area (Å²) in [5.41, 5.74) is 7.19. The fraction of sp³-hybridized carbons (Fsp3) is 0.300. The Kier molecular flexibility index (Phi) is 3.38. The molecule has 0 N–H and O–H groups in total. The minimum Gasteiger partial charge on any atom is -0.289 e. The number of hydrogen-bond acceptors (Lipinski definition) is 2. The molecule has 2 heteroatoms. The van der Waals surface area contributed by atoms with Crippen molar-refractivity contribution < 1.29 is 4.79 Å². The quantitative estimate of drug-likeness (QED) is 0.737. The summed E-state index contributed by atoms with van der Waals surface area (Å²) in [6.07, 6.45) is 12.3. The summed E-state index contributed by atoms with van der Waals surface area (Å²) >= 11 is 0. The molecule has 0 spiro atoms. The highest BCUT2D eigenvalue weighted by Gasteiger charge is 2.26. The number of pyridine rings is 1. The molecule has 1 heterocycles. The van der Waals surface area contributed by atoms with E-state index in [1.54, 1.807) is 12.4 Å². The minimum atomic E-state index is 0.214. The maximum atomic E-state index is 12.8. The molecule has 1 aromatic carbocycles.